The summed E-state index contributed by atoms with van der Waals surface area (Å²) in [5.41, 5.74) is 7.18. The summed E-state index contributed by atoms with van der Waals surface area (Å²) in [6, 6.07) is 3.21. The number of hydrogen-bond acceptors (Lipinski definition) is 4. The molecule has 3 N–H and O–H groups in total. The molecule has 2 aromatic rings. The lowest BCUT2D eigenvalue weighted by Gasteiger charge is -2.23. The zero-order valence-electron chi connectivity index (χ0n) is 12.4. The lowest BCUT2D eigenvalue weighted by atomic mass is 9.83. The third kappa shape index (κ3) is 3.03. The normalized spacial score (nSPS) is 15.9. The van der Waals surface area contributed by atoms with Crippen molar-refractivity contribution in [1.29, 1.82) is 0 Å². The number of rotatable bonds is 3. The average molecular weight is 301 g/mol. The minimum absolute atomic E-state index is 0.290. The summed E-state index contributed by atoms with van der Waals surface area (Å²) in [5.74, 6) is -0.135. The molecule has 0 bridgehead atoms. The Morgan fingerprint density at radius 3 is 2.59 bits per heavy atom. The van der Waals surface area contributed by atoms with Crippen LogP contribution in [0.5, 0.6) is 5.75 Å². The van der Waals surface area contributed by atoms with Crippen LogP contribution in [0.4, 0.5) is 10.2 Å². The second-order valence-electron chi connectivity index (χ2n) is 5.97. The molecule has 116 valence electrons. The van der Waals surface area contributed by atoms with Crippen LogP contribution in [0.1, 0.15) is 37.7 Å². The highest BCUT2D eigenvalue weighted by atomic mass is 19.1. The lowest BCUT2D eigenvalue weighted by Crippen LogP contribution is -2.10. The molecule has 4 nitrogen and oxygen atoms in total. The molecule has 22 heavy (non-hydrogen) atoms. The second kappa shape index (κ2) is 6.30. The molecule has 0 radical (unpaired) electrons. The number of phenols is 1. The highest BCUT2D eigenvalue weighted by molar-refractivity contribution is 5.66. The minimum Gasteiger partial charge on any atom is -0.505 e. The van der Waals surface area contributed by atoms with Gasteiger partial charge in [0.25, 0.3) is 0 Å². The quantitative estimate of drug-likeness (QED) is 0.907. The topological polar surface area (TPSA) is 72.0 Å². The Bertz CT molecular complexity index is 652. The van der Waals surface area contributed by atoms with Crippen LogP contribution < -0.4 is 5.73 Å². The molecule has 3 rings (SSSR count). The molecular weight excluding hydrogens is 281 g/mol. The first kappa shape index (κ1) is 14.8. The first-order chi connectivity index (χ1) is 10.6. The summed E-state index contributed by atoms with van der Waals surface area (Å²) >= 11 is 0. The lowest BCUT2D eigenvalue weighted by molar-refractivity contribution is 0.356. The van der Waals surface area contributed by atoms with Gasteiger partial charge < -0.3 is 10.8 Å². The molecular formula is C17H20FN3O. The van der Waals surface area contributed by atoms with Gasteiger partial charge in [0.15, 0.2) is 11.6 Å². The Balaban J connectivity index is 1.98. The molecule has 0 atom stereocenters. The largest absolute Gasteiger partial charge is 0.505 e. The third-order valence-electron chi connectivity index (χ3n) is 4.37. The molecule has 0 aliphatic heterocycles. The van der Waals surface area contributed by atoms with Gasteiger partial charge in [-0.2, -0.15) is 0 Å². The number of aromatic nitrogens is 2. The van der Waals surface area contributed by atoms with E-state index in [0.717, 1.165) is 12.0 Å². The first-order valence-corrected chi connectivity index (χ1v) is 7.73. The van der Waals surface area contributed by atoms with Gasteiger partial charge in [-0.25, -0.2) is 9.37 Å². The fraction of sp³-hybridized carbons (Fsp3) is 0.412. The van der Waals surface area contributed by atoms with Crippen molar-refractivity contribution in [3.63, 3.8) is 0 Å². The minimum atomic E-state index is -0.632. The smallest absolute Gasteiger partial charge is 0.174 e. The maximum Gasteiger partial charge on any atom is 0.174 e. The number of nitrogens with two attached hydrogens (primary N) is 1. The predicted octanol–water partition coefficient (Wildman–Crippen LogP) is 3.69. The molecule has 1 aliphatic rings. The van der Waals surface area contributed by atoms with Crippen molar-refractivity contribution in [3.05, 3.63) is 35.9 Å². The molecule has 0 amide bonds. The Hall–Kier alpha value is -2.17. The molecule has 1 heterocycles. The standard InChI is InChI=1S/C17H20FN3O/c18-17-14(22)7-6-12(8-11-4-2-1-3-5-11)16(17)13-9-21-15(19)10-20-13/h6-7,9-11,22H,1-5,8H2,(H2,19,21). The van der Waals surface area contributed by atoms with Gasteiger partial charge in [-0.05, 0) is 24.0 Å². The van der Waals surface area contributed by atoms with Crippen molar-refractivity contribution in [2.75, 3.05) is 5.73 Å². The van der Waals surface area contributed by atoms with E-state index in [0.29, 0.717) is 17.2 Å². The van der Waals surface area contributed by atoms with E-state index < -0.39 is 5.82 Å². The van der Waals surface area contributed by atoms with E-state index in [1.165, 1.54) is 50.6 Å². The van der Waals surface area contributed by atoms with Crippen molar-refractivity contribution in [3.8, 4) is 17.0 Å². The summed E-state index contributed by atoms with van der Waals surface area (Å²) in [7, 11) is 0. The predicted molar refractivity (Wildman–Crippen MR) is 83.8 cm³/mol. The highest BCUT2D eigenvalue weighted by Crippen LogP contribution is 2.35. The number of halogens is 1. The fourth-order valence-electron chi connectivity index (χ4n) is 3.22. The number of nitrogen functional groups attached to an aromatic ring is 1. The second-order valence-corrected chi connectivity index (χ2v) is 5.97. The van der Waals surface area contributed by atoms with Crippen LogP contribution in [0.3, 0.4) is 0 Å². The van der Waals surface area contributed by atoms with Crippen molar-refractivity contribution in [2.24, 2.45) is 5.92 Å². The molecule has 0 unspecified atom stereocenters. The number of phenolic OH excluding ortho intramolecular Hbond substituents is 1. The van der Waals surface area contributed by atoms with E-state index in [1.807, 2.05) is 0 Å². The monoisotopic (exact) mass is 301 g/mol. The van der Waals surface area contributed by atoms with Crippen LogP contribution in [0.15, 0.2) is 24.5 Å². The van der Waals surface area contributed by atoms with Crippen molar-refractivity contribution in [2.45, 2.75) is 38.5 Å². The molecule has 1 aromatic carbocycles. The first-order valence-electron chi connectivity index (χ1n) is 7.73. The summed E-state index contributed by atoms with van der Waals surface area (Å²) in [5, 5.41) is 9.70. The Morgan fingerprint density at radius 2 is 1.91 bits per heavy atom. The number of benzene rings is 1. The molecule has 1 aromatic heterocycles. The van der Waals surface area contributed by atoms with Gasteiger partial charge in [0, 0.05) is 5.56 Å². The zero-order chi connectivity index (χ0) is 15.5. The number of aromatic hydroxyl groups is 1. The van der Waals surface area contributed by atoms with E-state index >= 15 is 0 Å². The summed E-state index contributed by atoms with van der Waals surface area (Å²) < 4.78 is 14.5. The van der Waals surface area contributed by atoms with E-state index in [-0.39, 0.29) is 11.6 Å². The molecule has 1 fully saturated rings. The summed E-state index contributed by atoms with van der Waals surface area (Å²) in [6.45, 7) is 0. The van der Waals surface area contributed by atoms with Gasteiger partial charge in [0.1, 0.15) is 5.82 Å². The van der Waals surface area contributed by atoms with Crippen LogP contribution in [0.25, 0.3) is 11.3 Å². The van der Waals surface area contributed by atoms with Crippen molar-refractivity contribution >= 4 is 5.82 Å². The van der Waals surface area contributed by atoms with Crippen molar-refractivity contribution in [1.82, 2.24) is 9.97 Å². The van der Waals surface area contributed by atoms with Gasteiger partial charge in [0.2, 0.25) is 0 Å². The molecule has 0 spiro atoms. The van der Waals surface area contributed by atoms with Crippen LogP contribution in [0.2, 0.25) is 0 Å². The maximum atomic E-state index is 14.5. The average Bonchev–Trinajstić information content (AvgIpc) is 2.54. The zero-order valence-corrected chi connectivity index (χ0v) is 12.4. The fourth-order valence-corrected chi connectivity index (χ4v) is 3.22. The van der Waals surface area contributed by atoms with Crippen LogP contribution >= 0.6 is 0 Å². The SMILES string of the molecule is Nc1cnc(-c2c(CC3CCCCC3)ccc(O)c2F)cn1. The van der Waals surface area contributed by atoms with E-state index in [1.54, 1.807) is 6.07 Å². The van der Waals surface area contributed by atoms with Crippen molar-refractivity contribution < 1.29 is 9.50 Å². The Kier molecular flexibility index (Phi) is 4.22. The van der Waals surface area contributed by atoms with Gasteiger partial charge in [-0.15, -0.1) is 0 Å². The Morgan fingerprint density at radius 1 is 1.14 bits per heavy atom. The highest BCUT2D eigenvalue weighted by Gasteiger charge is 2.20. The van der Waals surface area contributed by atoms with Gasteiger partial charge >= 0.3 is 0 Å². The number of hydrogen-bond donors (Lipinski definition) is 2. The Labute approximate surface area is 129 Å². The van der Waals surface area contributed by atoms with Crippen LogP contribution in [0, 0.1) is 11.7 Å². The summed E-state index contributed by atoms with van der Waals surface area (Å²) in [6.07, 6.45) is 9.78. The van der Waals surface area contributed by atoms with Crippen LogP contribution in [-0.2, 0) is 6.42 Å². The van der Waals surface area contributed by atoms with Crippen LogP contribution in [-0.4, -0.2) is 15.1 Å². The molecule has 0 saturated heterocycles. The molecule has 5 heteroatoms. The third-order valence-corrected chi connectivity index (χ3v) is 4.37. The van der Waals surface area contributed by atoms with Gasteiger partial charge in [-0.1, -0.05) is 38.2 Å². The van der Waals surface area contributed by atoms with Gasteiger partial charge in [0.05, 0.1) is 18.1 Å². The number of nitrogens with zero attached hydrogens (tertiary/aromatic N) is 2. The molecule has 1 aliphatic carbocycles. The van der Waals surface area contributed by atoms with E-state index in [4.69, 9.17) is 5.73 Å². The van der Waals surface area contributed by atoms with E-state index in [2.05, 4.69) is 9.97 Å². The number of anilines is 1. The van der Waals surface area contributed by atoms with Gasteiger partial charge in [-0.3, -0.25) is 4.98 Å². The molecule has 1 saturated carbocycles. The summed E-state index contributed by atoms with van der Waals surface area (Å²) in [4.78, 5) is 8.15. The van der Waals surface area contributed by atoms with E-state index in [9.17, 15) is 9.50 Å². The maximum absolute atomic E-state index is 14.5.